The van der Waals surface area contributed by atoms with Gasteiger partial charge in [-0.3, -0.25) is 9.78 Å². The maximum Gasteiger partial charge on any atom is 1.00 e. The minimum atomic E-state index is -4.11. The van der Waals surface area contributed by atoms with Crippen molar-refractivity contribution in [2.24, 2.45) is 0 Å². The van der Waals surface area contributed by atoms with Crippen molar-refractivity contribution < 1.29 is 78.5 Å². The molecule has 2 amide bonds. The molecule has 1 aliphatic rings. The number of hydrogen-bond acceptors (Lipinski definition) is 8. The number of thiazole rings is 1. The fraction of sp³-hybridized carbons (Fsp3) is 0.407. The Kier molecular flexibility index (Phi) is 11.6. The van der Waals surface area contributed by atoms with Gasteiger partial charge in [0.2, 0.25) is 5.91 Å². The molecule has 1 saturated carbocycles. The van der Waals surface area contributed by atoms with Gasteiger partial charge in [-0.05, 0) is 62.4 Å². The van der Waals surface area contributed by atoms with E-state index in [9.17, 15) is 22.4 Å². The molecule has 214 valence electrons. The van der Waals surface area contributed by atoms with Gasteiger partial charge in [0, 0.05) is 25.5 Å². The predicted molar refractivity (Wildman–Crippen MR) is 149 cm³/mol. The summed E-state index contributed by atoms with van der Waals surface area (Å²) in [5.41, 5.74) is 0.667. The van der Waals surface area contributed by atoms with Gasteiger partial charge in [-0.1, -0.05) is 12.1 Å². The standard InChI is InChI=1S/C27H32FN5O5S2.K/c1-18-24(25(34)31-40(36,37)32(2)3)30-23(39-18)17-33(14-6-8-19-7-5-9-20(28)15-19)26(35)27(12-13-27)22-11-10-21(38-4)16-29-22;/h5,7,9-11,15-16H,6,8,12-14,17H2,1-4H3,(H,31,34);/q;+1/p-1. The van der Waals surface area contributed by atoms with Crippen LogP contribution in [0.1, 0.15) is 50.9 Å². The Morgan fingerprint density at radius 3 is 2.51 bits per heavy atom. The number of halogens is 1. The number of carbonyl (C=O) groups is 2. The van der Waals surface area contributed by atoms with Gasteiger partial charge >= 0.3 is 51.4 Å². The molecule has 10 nitrogen and oxygen atoms in total. The number of hydrogen-bond donors (Lipinski definition) is 0. The summed E-state index contributed by atoms with van der Waals surface area (Å²) in [6, 6.07) is 9.93. The molecule has 0 radical (unpaired) electrons. The fourth-order valence-electron chi connectivity index (χ4n) is 4.32. The van der Waals surface area contributed by atoms with Crippen molar-refractivity contribution in [3.63, 3.8) is 0 Å². The Hall–Kier alpha value is -1.78. The summed E-state index contributed by atoms with van der Waals surface area (Å²) < 4.78 is 47.2. The molecule has 0 bridgehead atoms. The Bertz CT molecular complexity index is 1490. The number of methoxy groups -OCH3 is 1. The number of ether oxygens (including phenoxy) is 1. The fourth-order valence-corrected chi connectivity index (χ4v) is 5.72. The summed E-state index contributed by atoms with van der Waals surface area (Å²) in [5, 5.41) is 0.482. The summed E-state index contributed by atoms with van der Waals surface area (Å²) in [4.78, 5) is 37.6. The maximum atomic E-state index is 14.0. The molecule has 0 saturated heterocycles. The average Bonchev–Trinajstić information content (AvgIpc) is 3.64. The van der Waals surface area contributed by atoms with Crippen molar-refractivity contribution in [3.05, 3.63) is 80.0 Å². The molecule has 1 aromatic carbocycles. The van der Waals surface area contributed by atoms with E-state index in [2.05, 4.69) is 14.7 Å². The van der Waals surface area contributed by atoms with Gasteiger partial charge in [0.25, 0.3) is 0 Å². The first-order chi connectivity index (χ1) is 18.9. The van der Waals surface area contributed by atoms with Gasteiger partial charge < -0.3 is 19.2 Å². The average molecular weight is 628 g/mol. The molecule has 1 fully saturated rings. The summed E-state index contributed by atoms with van der Waals surface area (Å²) in [7, 11) is 0.00117. The Balaban J connectivity index is 0.00000462. The van der Waals surface area contributed by atoms with Crippen LogP contribution < -0.4 is 56.1 Å². The van der Waals surface area contributed by atoms with Crippen molar-refractivity contribution in [2.75, 3.05) is 27.7 Å². The molecule has 0 aliphatic heterocycles. The molecule has 0 unspecified atom stereocenters. The largest absolute Gasteiger partial charge is 1.00 e. The van der Waals surface area contributed by atoms with E-state index in [1.807, 2.05) is 6.07 Å². The molecule has 14 heteroatoms. The number of amides is 2. The Labute approximate surface area is 286 Å². The van der Waals surface area contributed by atoms with Gasteiger partial charge in [-0.15, -0.1) is 11.3 Å². The van der Waals surface area contributed by atoms with Gasteiger partial charge in [0.1, 0.15) is 28.2 Å². The quantitative estimate of drug-likeness (QED) is 0.275. The molecule has 0 N–H and O–H groups in total. The normalized spacial score (nSPS) is 13.8. The molecule has 3 aromatic rings. The number of aryl methyl sites for hydroxylation is 2. The zero-order chi connectivity index (χ0) is 29.1. The molecule has 4 rings (SSSR count). The van der Waals surface area contributed by atoms with E-state index in [1.165, 1.54) is 37.6 Å². The van der Waals surface area contributed by atoms with Gasteiger partial charge in [0.05, 0.1) is 31.0 Å². The molecule has 0 spiro atoms. The van der Waals surface area contributed by atoms with Crippen LogP contribution >= 0.6 is 11.3 Å². The van der Waals surface area contributed by atoms with E-state index in [0.717, 1.165) is 9.87 Å². The second kappa shape index (κ2) is 14.1. The molecule has 41 heavy (non-hydrogen) atoms. The van der Waals surface area contributed by atoms with Crippen molar-refractivity contribution in [2.45, 2.75) is 44.6 Å². The van der Waals surface area contributed by atoms with Crippen LogP contribution in [0.25, 0.3) is 4.72 Å². The predicted octanol–water partition coefficient (Wildman–Crippen LogP) is 1.01. The zero-order valence-corrected chi connectivity index (χ0v) is 28.5. The van der Waals surface area contributed by atoms with Gasteiger partial charge in [0.15, 0.2) is 10.2 Å². The Morgan fingerprint density at radius 1 is 1.20 bits per heavy atom. The molecule has 0 atom stereocenters. The van der Waals surface area contributed by atoms with E-state index in [4.69, 9.17) is 4.74 Å². The third-order valence-electron chi connectivity index (χ3n) is 6.72. The first-order valence-corrected chi connectivity index (χ1v) is 14.9. The molecule has 2 aromatic heterocycles. The second-order valence-corrected chi connectivity index (χ2v) is 12.9. The van der Waals surface area contributed by atoms with Crippen molar-refractivity contribution >= 4 is 33.4 Å². The Morgan fingerprint density at radius 2 is 1.93 bits per heavy atom. The molecule has 2 heterocycles. The molecular weight excluding hydrogens is 597 g/mol. The van der Waals surface area contributed by atoms with Crippen LogP contribution in [0.2, 0.25) is 0 Å². The van der Waals surface area contributed by atoms with E-state index in [0.29, 0.717) is 53.6 Å². The number of benzene rings is 1. The van der Waals surface area contributed by atoms with Gasteiger partial charge in [-0.25, -0.2) is 22.1 Å². The van der Waals surface area contributed by atoms with Crippen molar-refractivity contribution in [3.8, 4) is 5.75 Å². The van der Waals surface area contributed by atoms with Crippen molar-refractivity contribution in [1.82, 2.24) is 19.2 Å². The van der Waals surface area contributed by atoms with E-state index < -0.39 is 21.5 Å². The number of carbonyl (C=O) groups excluding carboxylic acids is 2. The maximum absolute atomic E-state index is 14.0. The van der Waals surface area contributed by atoms with Gasteiger partial charge in [-0.2, -0.15) is 0 Å². The zero-order valence-electron chi connectivity index (χ0n) is 23.8. The summed E-state index contributed by atoms with van der Waals surface area (Å²) in [6.45, 7) is 2.15. The number of aromatic nitrogens is 2. The van der Waals surface area contributed by atoms with Crippen LogP contribution in [0, 0.1) is 12.7 Å². The number of pyridine rings is 1. The smallest absolute Gasteiger partial charge is 0.527 e. The first-order valence-electron chi connectivity index (χ1n) is 12.7. The van der Waals surface area contributed by atoms with Crippen LogP contribution in [-0.2, 0) is 33.4 Å². The van der Waals surface area contributed by atoms with E-state index in [1.54, 1.807) is 43.3 Å². The monoisotopic (exact) mass is 627 g/mol. The number of rotatable bonds is 12. The molecular formula is C27H31FKN5O5S2. The van der Waals surface area contributed by atoms with Crippen LogP contribution in [0.5, 0.6) is 5.75 Å². The number of nitrogens with zero attached hydrogens (tertiary/aromatic N) is 5. The van der Waals surface area contributed by atoms with Crippen molar-refractivity contribution in [1.29, 1.82) is 0 Å². The minimum Gasteiger partial charge on any atom is -0.527 e. The van der Waals surface area contributed by atoms with E-state index >= 15 is 0 Å². The second-order valence-electron chi connectivity index (χ2n) is 9.79. The van der Waals surface area contributed by atoms with Crippen LogP contribution in [0.15, 0.2) is 42.6 Å². The third-order valence-corrected chi connectivity index (χ3v) is 9.00. The summed E-state index contributed by atoms with van der Waals surface area (Å²) in [5.74, 6) is -0.787. The van der Waals surface area contributed by atoms with Crippen LogP contribution in [0.4, 0.5) is 4.39 Å². The minimum absolute atomic E-state index is 0. The topological polar surface area (TPSA) is 124 Å². The molecule has 1 aliphatic carbocycles. The first kappa shape index (κ1) is 33.7. The summed E-state index contributed by atoms with van der Waals surface area (Å²) in [6.07, 6.45) is 4.02. The summed E-state index contributed by atoms with van der Waals surface area (Å²) >= 11 is 1.21. The van der Waals surface area contributed by atoms with Crippen LogP contribution in [-0.4, -0.2) is 67.2 Å². The SMILES string of the molecule is COc1ccc(C2(C(=O)N(CCCc3cccc(F)c3)Cc3nc(C(=O)[N-]S(=O)(=O)N(C)C)c(C)s3)CC2)nc1.[K+]. The van der Waals surface area contributed by atoms with E-state index in [-0.39, 0.29) is 75.3 Å². The third kappa shape index (κ3) is 8.19. The van der Waals surface area contributed by atoms with Crippen LogP contribution in [0.3, 0.4) is 0 Å².